The Morgan fingerprint density at radius 1 is 1.00 bits per heavy atom. The number of rotatable bonds is 11. The first-order chi connectivity index (χ1) is 17.0. The number of benzene rings is 2. The number of alkyl carbamates (subject to hydrolysis) is 1. The zero-order chi connectivity index (χ0) is 26.7. The van der Waals surface area contributed by atoms with Gasteiger partial charge >= 0.3 is 6.09 Å². The van der Waals surface area contributed by atoms with Crippen LogP contribution < -0.4 is 10.6 Å². The highest BCUT2D eigenvalue weighted by molar-refractivity contribution is 5.92. The van der Waals surface area contributed by atoms with Gasteiger partial charge in [-0.05, 0) is 45.7 Å². The van der Waals surface area contributed by atoms with E-state index in [1.165, 1.54) is 11.0 Å². The van der Waals surface area contributed by atoms with Gasteiger partial charge in [0.2, 0.25) is 11.8 Å². The molecule has 0 aromatic heterocycles. The lowest BCUT2D eigenvalue weighted by molar-refractivity contribution is -0.142. The third kappa shape index (κ3) is 8.91. The molecule has 196 valence electrons. The van der Waals surface area contributed by atoms with Gasteiger partial charge in [-0.3, -0.25) is 9.59 Å². The highest BCUT2D eigenvalue weighted by atomic mass is 16.6. The molecule has 2 unspecified atom stereocenters. The molecule has 0 fully saturated rings. The normalized spacial score (nSPS) is 12.8. The van der Waals surface area contributed by atoms with Gasteiger partial charge in [-0.25, -0.2) is 4.79 Å². The molecule has 2 aromatic rings. The van der Waals surface area contributed by atoms with E-state index in [4.69, 9.17) is 4.74 Å². The number of amides is 3. The summed E-state index contributed by atoms with van der Waals surface area (Å²) in [6.45, 7) is 9.37. The maximum atomic E-state index is 13.6. The van der Waals surface area contributed by atoms with Gasteiger partial charge in [0.05, 0.1) is 0 Å². The average molecular weight is 498 g/mol. The highest BCUT2D eigenvalue weighted by Crippen LogP contribution is 2.30. The maximum absolute atomic E-state index is 13.6. The summed E-state index contributed by atoms with van der Waals surface area (Å²) >= 11 is 0. The summed E-state index contributed by atoms with van der Waals surface area (Å²) in [4.78, 5) is 40.9. The monoisotopic (exact) mass is 497 g/mol. The van der Waals surface area contributed by atoms with Crippen LogP contribution >= 0.6 is 0 Å². The van der Waals surface area contributed by atoms with Crippen molar-refractivity contribution >= 4 is 17.9 Å². The van der Waals surface area contributed by atoms with Gasteiger partial charge in [0.1, 0.15) is 23.4 Å². The number of unbranched alkanes of at least 4 members (excludes halogenated alkanes) is 2. The summed E-state index contributed by atoms with van der Waals surface area (Å²) in [5.74, 6) is -0.951. The molecular formula is C28H39N3O5. The summed E-state index contributed by atoms with van der Waals surface area (Å²) in [7, 11) is 0. The number of phenols is 1. The maximum Gasteiger partial charge on any atom is 0.408 e. The first-order valence-corrected chi connectivity index (χ1v) is 12.4. The Bertz CT molecular complexity index is 1000. The van der Waals surface area contributed by atoms with Crippen molar-refractivity contribution in [2.75, 3.05) is 6.54 Å². The van der Waals surface area contributed by atoms with Gasteiger partial charge in [-0.1, -0.05) is 68.3 Å². The molecule has 2 rings (SSSR count). The Hall–Kier alpha value is -3.55. The molecule has 0 saturated heterocycles. The van der Waals surface area contributed by atoms with E-state index in [0.29, 0.717) is 12.0 Å². The van der Waals surface area contributed by atoms with Crippen LogP contribution in [0.15, 0.2) is 54.6 Å². The molecule has 3 amide bonds. The number of nitrogens with one attached hydrogen (secondary N) is 2. The molecule has 0 aliphatic heterocycles. The Balaban J connectivity index is 2.36. The molecule has 0 bridgehead atoms. The number of ether oxygens (including phenoxy) is 1. The Morgan fingerprint density at radius 3 is 2.25 bits per heavy atom. The van der Waals surface area contributed by atoms with Crippen molar-refractivity contribution < 1.29 is 24.2 Å². The van der Waals surface area contributed by atoms with Gasteiger partial charge in [0.25, 0.3) is 0 Å². The van der Waals surface area contributed by atoms with Gasteiger partial charge in [0.15, 0.2) is 0 Å². The largest absolute Gasteiger partial charge is 0.508 e. The molecule has 36 heavy (non-hydrogen) atoms. The lowest BCUT2D eigenvalue weighted by Gasteiger charge is -2.34. The van der Waals surface area contributed by atoms with Crippen LogP contribution in [0.5, 0.6) is 5.75 Å². The molecule has 2 atom stereocenters. The van der Waals surface area contributed by atoms with Gasteiger partial charge < -0.3 is 25.4 Å². The fourth-order valence-corrected chi connectivity index (χ4v) is 3.74. The molecule has 3 N–H and O–H groups in total. The van der Waals surface area contributed by atoms with Crippen LogP contribution in [0.25, 0.3) is 0 Å². The zero-order valence-corrected chi connectivity index (χ0v) is 21.9. The fraction of sp³-hybridized carbons (Fsp3) is 0.464. The zero-order valence-electron chi connectivity index (χ0n) is 21.9. The molecule has 0 heterocycles. The summed E-state index contributed by atoms with van der Waals surface area (Å²) in [5.41, 5.74) is 0.506. The number of aromatic hydroxyl groups is 1. The molecule has 2 aromatic carbocycles. The van der Waals surface area contributed by atoms with E-state index >= 15 is 0 Å². The van der Waals surface area contributed by atoms with Crippen molar-refractivity contribution in [3.63, 3.8) is 0 Å². The topological polar surface area (TPSA) is 108 Å². The summed E-state index contributed by atoms with van der Waals surface area (Å²) in [6, 6.07) is 13.9. The van der Waals surface area contributed by atoms with Gasteiger partial charge in [-0.15, -0.1) is 0 Å². The Labute approximate surface area is 214 Å². The molecule has 0 spiro atoms. The van der Waals surface area contributed by atoms with Gasteiger partial charge in [0, 0.05) is 18.7 Å². The van der Waals surface area contributed by atoms with Crippen LogP contribution in [-0.2, 0) is 20.9 Å². The minimum absolute atomic E-state index is 0.0848. The van der Waals surface area contributed by atoms with Crippen LogP contribution in [0.2, 0.25) is 0 Å². The number of carbonyl (C=O) groups excluding carboxylic acids is 3. The van der Waals surface area contributed by atoms with Crippen LogP contribution in [-0.4, -0.2) is 46.1 Å². The predicted octanol–water partition coefficient (Wildman–Crippen LogP) is 4.68. The van der Waals surface area contributed by atoms with E-state index in [0.717, 1.165) is 18.4 Å². The molecule has 8 heteroatoms. The lowest BCUT2D eigenvalue weighted by Crippen LogP contribution is -2.52. The second-order valence-corrected chi connectivity index (χ2v) is 9.77. The first kappa shape index (κ1) is 28.7. The first-order valence-electron chi connectivity index (χ1n) is 12.4. The quantitative estimate of drug-likeness (QED) is 0.391. The molecular weight excluding hydrogens is 458 g/mol. The third-order valence-corrected chi connectivity index (χ3v) is 5.49. The molecule has 0 radical (unpaired) electrons. The standard InChI is InChI=1S/C28H39N3O5/c1-6-7-13-18-31(26(34)20(2)30-27(35)36-28(3,4)5)24(22-16-11-12-17-23(22)32)25(33)29-19-21-14-9-8-10-15-21/h8-12,14-17,20,24,32H,6-7,13,18-19H2,1-5H3,(H,29,33)(H,30,35). The Morgan fingerprint density at radius 2 is 1.64 bits per heavy atom. The number of carbonyl (C=O) groups is 3. The van der Waals surface area contributed by atoms with Crippen molar-refractivity contribution in [1.82, 2.24) is 15.5 Å². The summed E-state index contributed by atoms with van der Waals surface area (Å²) in [5, 5.41) is 16.1. The number of para-hydroxylation sites is 1. The molecule has 0 aliphatic rings. The van der Waals surface area contributed by atoms with E-state index in [1.807, 2.05) is 37.3 Å². The van der Waals surface area contributed by atoms with Crippen molar-refractivity contribution in [2.24, 2.45) is 0 Å². The number of hydrogen-bond acceptors (Lipinski definition) is 5. The van der Waals surface area contributed by atoms with Crippen LogP contribution in [0, 0.1) is 0 Å². The van der Waals surface area contributed by atoms with Crippen LogP contribution in [0.3, 0.4) is 0 Å². The van der Waals surface area contributed by atoms with Crippen molar-refractivity contribution in [3.8, 4) is 5.75 Å². The van der Waals surface area contributed by atoms with Crippen LogP contribution in [0.1, 0.15) is 71.0 Å². The third-order valence-electron chi connectivity index (χ3n) is 5.49. The SMILES string of the molecule is CCCCCN(C(=O)C(C)NC(=O)OC(C)(C)C)C(C(=O)NCc1ccccc1)c1ccccc1O. The van der Waals surface area contributed by atoms with E-state index in [1.54, 1.807) is 45.9 Å². The van der Waals surface area contributed by atoms with E-state index in [2.05, 4.69) is 10.6 Å². The fourth-order valence-electron chi connectivity index (χ4n) is 3.74. The van der Waals surface area contributed by atoms with E-state index in [9.17, 15) is 19.5 Å². The van der Waals surface area contributed by atoms with Crippen molar-refractivity contribution in [2.45, 2.75) is 78.1 Å². The lowest BCUT2D eigenvalue weighted by atomic mass is 10.0. The predicted molar refractivity (Wildman–Crippen MR) is 139 cm³/mol. The number of hydrogen-bond donors (Lipinski definition) is 3. The van der Waals surface area contributed by atoms with Gasteiger partial charge in [-0.2, -0.15) is 0 Å². The summed E-state index contributed by atoms with van der Waals surface area (Å²) in [6.07, 6.45) is 1.73. The smallest absolute Gasteiger partial charge is 0.408 e. The minimum atomic E-state index is -1.08. The molecule has 8 nitrogen and oxygen atoms in total. The highest BCUT2D eigenvalue weighted by Gasteiger charge is 2.35. The minimum Gasteiger partial charge on any atom is -0.508 e. The van der Waals surface area contributed by atoms with E-state index in [-0.39, 0.29) is 18.8 Å². The Kier molecular flexibility index (Phi) is 10.8. The van der Waals surface area contributed by atoms with Crippen molar-refractivity contribution in [1.29, 1.82) is 0 Å². The molecule has 0 saturated carbocycles. The number of phenolic OH excluding ortho intramolecular Hbond substituents is 1. The number of nitrogens with zero attached hydrogens (tertiary/aromatic N) is 1. The average Bonchev–Trinajstić information content (AvgIpc) is 2.82. The second kappa shape index (κ2) is 13.5. The second-order valence-electron chi connectivity index (χ2n) is 9.77. The van der Waals surface area contributed by atoms with Crippen LogP contribution in [0.4, 0.5) is 4.79 Å². The summed E-state index contributed by atoms with van der Waals surface area (Å²) < 4.78 is 5.30. The van der Waals surface area contributed by atoms with E-state index < -0.39 is 35.6 Å². The molecule has 0 aliphatic carbocycles. The van der Waals surface area contributed by atoms with Crippen molar-refractivity contribution in [3.05, 3.63) is 65.7 Å².